The number of aliphatic hydroxyl groups excluding tert-OH is 1. The average Bonchev–Trinajstić information content (AvgIpc) is 3.26. The van der Waals surface area contributed by atoms with Gasteiger partial charge in [-0.3, -0.25) is 9.69 Å². The van der Waals surface area contributed by atoms with Gasteiger partial charge in [0.2, 0.25) is 0 Å². The Hall–Kier alpha value is -2.64. The number of carbonyl (C=O) groups excluding carboxylic acids is 1. The number of nitrogens with zero attached hydrogens (tertiary/aromatic N) is 4. The van der Waals surface area contributed by atoms with E-state index in [1.165, 1.54) is 19.3 Å². The van der Waals surface area contributed by atoms with E-state index in [9.17, 15) is 9.90 Å². The molecule has 1 atom stereocenters. The molecule has 200 valence electrons. The lowest BCUT2D eigenvalue weighted by Crippen LogP contribution is -2.49. The summed E-state index contributed by atoms with van der Waals surface area (Å²) in [5, 5.41) is 9.67. The summed E-state index contributed by atoms with van der Waals surface area (Å²) in [7, 11) is 1.68. The van der Waals surface area contributed by atoms with Gasteiger partial charge in [-0.15, -0.1) is 0 Å². The standard InChI is InChI=1S/C30H42N4O3/c1-37-28-11-5-4-10-25(28)27-13-12-26(30(36)33-16-6-2-3-7-17-33)29(31-27)32-19-14-24(15-20-32)34-18-8-9-23(21-34)22-35/h4-5,10-13,23-24,35H,2-3,6-9,14-22H2,1H3/t23-/m0/s1. The SMILES string of the molecule is COc1ccccc1-c1ccc(C(=O)N2CCCCCC2)c(N2CCC(N3CCC[C@H](CO)C3)CC2)n1. The molecule has 0 spiro atoms. The van der Waals surface area contributed by atoms with Crippen molar-refractivity contribution in [2.75, 3.05) is 57.9 Å². The topological polar surface area (TPSA) is 69.1 Å². The van der Waals surface area contributed by atoms with E-state index in [0.717, 1.165) is 99.8 Å². The second-order valence-corrected chi connectivity index (χ2v) is 10.9. The fraction of sp³-hybridized carbons (Fsp3) is 0.600. The first-order chi connectivity index (χ1) is 18.2. The number of amides is 1. The summed E-state index contributed by atoms with van der Waals surface area (Å²) in [5.41, 5.74) is 2.50. The number of pyridine rings is 1. The number of piperidine rings is 2. The highest BCUT2D eigenvalue weighted by atomic mass is 16.5. The van der Waals surface area contributed by atoms with Crippen LogP contribution in [0.25, 0.3) is 11.3 Å². The lowest BCUT2D eigenvalue weighted by atomic mass is 9.94. The van der Waals surface area contributed by atoms with E-state index in [4.69, 9.17) is 9.72 Å². The van der Waals surface area contributed by atoms with Crippen LogP contribution in [0, 0.1) is 5.92 Å². The predicted octanol–water partition coefficient (Wildman–Crippen LogP) is 4.45. The number of anilines is 1. The fourth-order valence-corrected chi connectivity index (χ4v) is 6.33. The molecular formula is C30H42N4O3. The quantitative estimate of drug-likeness (QED) is 0.625. The number of carbonyl (C=O) groups is 1. The van der Waals surface area contributed by atoms with Crippen molar-refractivity contribution in [2.45, 2.75) is 57.4 Å². The molecule has 3 aliphatic rings. The van der Waals surface area contributed by atoms with Crippen molar-refractivity contribution >= 4 is 11.7 Å². The number of hydrogen-bond donors (Lipinski definition) is 1. The smallest absolute Gasteiger partial charge is 0.257 e. The average molecular weight is 507 g/mol. The van der Waals surface area contributed by atoms with Crippen LogP contribution in [0.15, 0.2) is 36.4 Å². The maximum absolute atomic E-state index is 13.8. The molecule has 1 N–H and O–H groups in total. The Morgan fingerprint density at radius 3 is 2.43 bits per heavy atom. The van der Waals surface area contributed by atoms with Gasteiger partial charge in [-0.1, -0.05) is 25.0 Å². The Balaban J connectivity index is 1.41. The Kier molecular flexibility index (Phi) is 8.62. The van der Waals surface area contributed by atoms with E-state index < -0.39 is 0 Å². The summed E-state index contributed by atoms with van der Waals surface area (Å²) in [6.45, 7) is 5.84. The van der Waals surface area contributed by atoms with Crippen molar-refractivity contribution in [2.24, 2.45) is 5.92 Å². The molecule has 3 aliphatic heterocycles. The van der Waals surface area contributed by atoms with Gasteiger partial charge in [-0.2, -0.15) is 0 Å². The number of methoxy groups -OCH3 is 1. The first kappa shape index (κ1) is 26.0. The van der Waals surface area contributed by atoms with Crippen molar-refractivity contribution < 1.29 is 14.6 Å². The van der Waals surface area contributed by atoms with E-state index >= 15 is 0 Å². The first-order valence-electron chi connectivity index (χ1n) is 14.2. The van der Waals surface area contributed by atoms with E-state index in [2.05, 4.69) is 9.80 Å². The molecule has 0 bridgehead atoms. The predicted molar refractivity (Wildman–Crippen MR) is 147 cm³/mol. The number of para-hydroxylation sites is 1. The summed E-state index contributed by atoms with van der Waals surface area (Å²) >= 11 is 0. The zero-order chi connectivity index (χ0) is 25.6. The summed E-state index contributed by atoms with van der Waals surface area (Å²) in [5.74, 6) is 2.11. The summed E-state index contributed by atoms with van der Waals surface area (Å²) in [6, 6.07) is 12.4. The van der Waals surface area contributed by atoms with Crippen molar-refractivity contribution in [3.63, 3.8) is 0 Å². The number of benzene rings is 1. The van der Waals surface area contributed by atoms with Crippen LogP contribution in [0.2, 0.25) is 0 Å². The summed E-state index contributed by atoms with van der Waals surface area (Å²) in [6.07, 6.45) is 8.95. The highest BCUT2D eigenvalue weighted by Gasteiger charge is 2.31. The normalized spacial score (nSPS) is 22.1. The molecule has 3 saturated heterocycles. The first-order valence-corrected chi connectivity index (χ1v) is 14.2. The van der Waals surface area contributed by atoms with E-state index in [1.54, 1.807) is 7.11 Å². The Morgan fingerprint density at radius 2 is 1.70 bits per heavy atom. The van der Waals surface area contributed by atoms with Crippen molar-refractivity contribution in [1.82, 2.24) is 14.8 Å². The van der Waals surface area contributed by atoms with Gasteiger partial charge in [0.25, 0.3) is 5.91 Å². The molecule has 0 saturated carbocycles. The monoisotopic (exact) mass is 506 g/mol. The highest BCUT2D eigenvalue weighted by Crippen LogP contribution is 2.33. The molecule has 1 amide bonds. The summed E-state index contributed by atoms with van der Waals surface area (Å²) in [4.78, 5) is 25.8. The number of ether oxygens (including phenoxy) is 1. The Morgan fingerprint density at radius 1 is 0.946 bits per heavy atom. The molecule has 0 unspecified atom stereocenters. The van der Waals surface area contributed by atoms with E-state index in [0.29, 0.717) is 12.0 Å². The third-order valence-electron chi connectivity index (χ3n) is 8.47. The molecule has 2 aromatic rings. The molecule has 0 radical (unpaired) electrons. The summed E-state index contributed by atoms with van der Waals surface area (Å²) < 4.78 is 5.62. The number of aliphatic hydroxyl groups is 1. The van der Waals surface area contributed by atoms with Crippen LogP contribution in [-0.2, 0) is 0 Å². The van der Waals surface area contributed by atoms with Crippen molar-refractivity contribution in [1.29, 1.82) is 0 Å². The molecule has 1 aromatic carbocycles. The van der Waals surface area contributed by atoms with Gasteiger partial charge >= 0.3 is 0 Å². The number of rotatable bonds is 6. The Bertz CT molecular complexity index is 1040. The van der Waals surface area contributed by atoms with Gasteiger partial charge in [-0.25, -0.2) is 4.98 Å². The highest BCUT2D eigenvalue weighted by molar-refractivity contribution is 5.99. The van der Waals surface area contributed by atoms with Gasteiger partial charge in [0.1, 0.15) is 11.6 Å². The van der Waals surface area contributed by atoms with Gasteiger partial charge < -0.3 is 19.6 Å². The molecule has 4 heterocycles. The van der Waals surface area contributed by atoms with Crippen LogP contribution in [0.1, 0.15) is 61.7 Å². The second kappa shape index (κ2) is 12.3. The molecular weight excluding hydrogens is 464 g/mol. The number of hydrogen-bond acceptors (Lipinski definition) is 6. The molecule has 7 heteroatoms. The van der Waals surface area contributed by atoms with Crippen LogP contribution in [0.4, 0.5) is 5.82 Å². The molecule has 0 aliphatic carbocycles. The minimum Gasteiger partial charge on any atom is -0.496 e. The van der Waals surface area contributed by atoms with Gasteiger partial charge in [-0.05, 0) is 75.3 Å². The van der Waals surface area contributed by atoms with Crippen LogP contribution in [-0.4, -0.2) is 84.8 Å². The van der Waals surface area contributed by atoms with E-state index in [1.807, 2.05) is 41.3 Å². The minimum atomic E-state index is 0.111. The molecule has 3 fully saturated rings. The molecule has 1 aromatic heterocycles. The molecule has 5 rings (SSSR count). The minimum absolute atomic E-state index is 0.111. The zero-order valence-electron chi connectivity index (χ0n) is 22.3. The van der Waals surface area contributed by atoms with Crippen molar-refractivity contribution in [3.8, 4) is 17.0 Å². The third-order valence-corrected chi connectivity index (χ3v) is 8.47. The lowest BCUT2D eigenvalue weighted by molar-refractivity contribution is 0.0758. The number of aromatic nitrogens is 1. The van der Waals surface area contributed by atoms with Gasteiger partial charge in [0.15, 0.2) is 0 Å². The van der Waals surface area contributed by atoms with Crippen LogP contribution < -0.4 is 9.64 Å². The van der Waals surface area contributed by atoms with Gasteiger partial charge in [0.05, 0.1) is 18.4 Å². The lowest BCUT2D eigenvalue weighted by Gasteiger charge is -2.42. The molecule has 37 heavy (non-hydrogen) atoms. The van der Waals surface area contributed by atoms with E-state index in [-0.39, 0.29) is 12.5 Å². The second-order valence-electron chi connectivity index (χ2n) is 10.9. The fourth-order valence-electron chi connectivity index (χ4n) is 6.33. The zero-order valence-corrected chi connectivity index (χ0v) is 22.3. The number of likely N-dealkylation sites (tertiary alicyclic amines) is 2. The maximum atomic E-state index is 13.8. The van der Waals surface area contributed by atoms with Gasteiger partial charge in [0, 0.05) is 50.9 Å². The molecule has 7 nitrogen and oxygen atoms in total. The maximum Gasteiger partial charge on any atom is 0.257 e. The van der Waals surface area contributed by atoms with Crippen LogP contribution in [0.3, 0.4) is 0 Å². The largest absolute Gasteiger partial charge is 0.496 e. The van der Waals surface area contributed by atoms with Crippen LogP contribution >= 0.6 is 0 Å². The Labute approximate surface area is 221 Å². The third kappa shape index (κ3) is 5.93. The van der Waals surface area contributed by atoms with Crippen molar-refractivity contribution in [3.05, 3.63) is 42.0 Å². The van der Waals surface area contributed by atoms with Crippen LogP contribution in [0.5, 0.6) is 5.75 Å².